The minimum Gasteiger partial charge on any atom is -0.489 e. The number of nitrogens with one attached hydrogen (secondary N) is 1. The van der Waals surface area contributed by atoms with Gasteiger partial charge in [0.2, 0.25) is 5.91 Å². The van der Waals surface area contributed by atoms with Crippen LogP contribution in [0, 0.1) is 5.82 Å². The third kappa shape index (κ3) is 4.53. The van der Waals surface area contributed by atoms with Crippen LogP contribution in [0.3, 0.4) is 0 Å². The number of carbonyl (C=O) groups excluding carboxylic acids is 1. The lowest BCUT2D eigenvalue weighted by Crippen LogP contribution is -2.38. The lowest BCUT2D eigenvalue weighted by Gasteiger charge is -2.18. The van der Waals surface area contributed by atoms with Crippen LogP contribution in [0.5, 0.6) is 5.75 Å². The normalized spacial score (nSPS) is 10.3. The number of carbonyl (C=O) groups is 1. The van der Waals surface area contributed by atoms with Crippen molar-refractivity contribution in [2.24, 2.45) is 0 Å². The molecule has 0 saturated heterocycles. The van der Waals surface area contributed by atoms with E-state index in [4.69, 9.17) is 4.74 Å². The zero-order valence-electron chi connectivity index (χ0n) is 12.5. The second kappa shape index (κ2) is 7.39. The maximum atomic E-state index is 13.4. The lowest BCUT2D eigenvalue weighted by atomic mass is 10.3. The number of aromatic amines is 1. The van der Waals surface area contributed by atoms with Crippen LogP contribution in [0.1, 0.15) is 0 Å². The maximum Gasteiger partial charge on any atom is 0.328 e. The Bertz CT molecular complexity index is 800. The minimum atomic E-state index is -0.651. The number of aromatic nitrogens is 2. The Balaban J connectivity index is 1.86. The molecule has 1 N–H and O–H groups in total. The molecule has 0 bridgehead atoms. The summed E-state index contributed by atoms with van der Waals surface area (Å²) in [7, 11) is 1.55. The third-order valence-electron chi connectivity index (χ3n) is 3.15. The molecule has 2 aromatic rings. The van der Waals surface area contributed by atoms with Gasteiger partial charge in [-0.15, -0.1) is 0 Å². The summed E-state index contributed by atoms with van der Waals surface area (Å²) in [5, 5.41) is 0. The topological polar surface area (TPSA) is 84.4 Å². The van der Waals surface area contributed by atoms with Gasteiger partial charge in [-0.05, 0) is 12.1 Å². The Hall–Kier alpha value is -2.90. The first-order chi connectivity index (χ1) is 11.0. The molecule has 1 aromatic heterocycles. The van der Waals surface area contributed by atoms with Crippen molar-refractivity contribution in [2.75, 3.05) is 20.2 Å². The number of ether oxygens (including phenoxy) is 1. The average Bonchev–Trinajstić information content (AvgIpc) is 2.51. The van der Waals surface area contributed by atoms with Crippen LogP contribution in [0.15, 0.2) is 46.1 Å². The molecule has 0 fully saturated rings. The zero-order valence-corrected chi connectivity index (χ0v) is 12.5. The van der Waals surface area contributed by atoms with Gasteiger partial charge in [-0.3, -0.25) is 19.1 Å². The van der Waals surface area contributed by atoms with Crippen molar-refractivity contribution in [1.29, 1.82) is 0 Å². The smallest absolute Gasteiger partial charge is 0.328 e. The lowest BCUT2D eigenvalue weighted by molar-refractivity contribution is -0.130. The summed E-state index contributed by atoms with van der Waals surface area (Å²) in [4.78, 5) is 37.9. The molecule has 0 atom stereocenters. The van der Waals surface area contributed by atoms with Crippen molar-refractivity contribution in [3.8, 4) is 5.75 Å². The van der Waals surface area contributed by atoms with Gasteiger partial charge in [0, 0.05) is 19.3 Å². The predicted molar refractivity (Wildman–Crippen MR) is 80.9 cm³/mol. The van der Waals surface area contributed by atoms with E-state index in [1.54, 1.807) is 19.2 Å². The Labute approximate surface area is 130 Å². The molecular formula is C15H16FN3O4. The van der Waals surface area contributed by atoms with Crippen LogP contribution in [-0.2, 0) is 11.3 Å². The maximum absolute atomic E-state index is 13.4. The van der Waals surface area contributed by atoms with Gasteiger partial charge in [0.15, 0.2) is 11.6 Å². The molecule has 2 rings (SSSR count). The van der Waals surface area contributed by atoms with E-state index in [2.05, 4.69) is 4.98 Å². The molecule has 8 heteroatoms. The molecule has 122 valence electrons. The first-order valence-corrected chi connectivity index (χ1v) is 6.88. The highest BCUT2D eigenvalue weighted by molar-refractivity contribution is 5.75. The molecule has 1 heterocycles. The summed E-state index contributed by atoms with van der Waals surface area (Å²) in [5.74, 6) is -0.692. The number of halogens is 1. The Kier molecular flexibility index (Phi) is 5.29. The van der Waals surface area contributed by atoms with Gasteiger partial charge in [-0.1, -0.05) is 12.1 Å². The van der Waals surface area contributed by atoms with E-state index in [0.29, 0.717) is 0 Å². The number of amides is 1. The predicted octanol–water partition coefficient (Wildman–Crippen LogP) is 0.213. The van der Waals surface area contributed by atoms with E-state index in [-0.39, 0.29) is 31.4 Å². The van der Waals surface area contributed by atoms with Crippen LogP contribution < -0.4 is 16.0 Å². The van der Waals surface area contributed by atoms with Crippen LogP contribution in [0.2, 0.25) is 0 Å². The highest BCUT2D eigenvalue weighted by Gasteiger charge is 2.11. The van der Waals surface area contributed by atoms with E-state index in [9.17, 15) is 18.8 Å². The Morgan fingerprint density at radius 2 is 2.04 bits per heavy atom. The SMILES string of the molecule is CN(CCOc1ccccc1F)C(=O)Cn1ccc(=O)[nH]c1=O. The van der Waals surface area contributed by atoms with Gasteiger partial charge in [0.05, 0.1) is 6.54 Å². The van der Waals surface area contributed by atoms with Crippen molar-refractivity contribution in [2.45, 2.75) is 6.54 Å². The zero-order chi connectivity index (χ0) is 16.8. The first kappa shape index (κ1) is 16.5. The number of likely N-dealkylation sites (N-methyl/N-ethyl adjacent to an activating group) is 1. The molecule has 0 aliphatic carbocycles. The monoisotopic (exact) mass is 321 g/mol. The highest BCUT2D eigenvalue weighted by atomic mass is 19.1. The van der Waals surface area contributed by atoms with Gasteiger partial charge in [-0.25, -0.2) is 9.18 Å². The fourth-order valence-corrected chi connectivity index (χ4v) is 1.81. The van der Waals surface area contributed by atoms with Crippen molar-refractivity contribution in [1.82, 2.24) is 14.5 Å². The molecular weight excluding hydrogens is 305 g/mol. The highest BCUT2D eigenvalue weighted by Crippen LogP contribution is 2.14. The Morgan fingerprint density at radius 3 is 2.74 bits per heavy atom. The number of H-pyrrole nitrogens is 1. The number of nitrogens with zero attached hydrogens (tertiary/aromatic N) is 2. The quantitative estimate of drug-likeness (QED) is 0.824. The third-order valence-corrected chi connectivity index (χ3v) is 3.15. The summed E-state index contributed by atoms with van der Waals surface area (Å²) < 4.78 is 19.7. The molecule has 0 aliphatic heterocycles. The molecule has 0 radical (unpaired) electrons. The average molecular weight is 321 g/mol. The number of para-hydroxylation sites is 1. The fraction of sp³-hybridized carbons (Fsp3) is 0.267. The number of hydrogen-bond acceptors (Lipinski definition) is 4. The molecule has 1 amide bonds. The van der Waals surface area contributed by atoms with E-state index < -0.39 is 17.1 Å². The van der Waals surface area contributed by atoms with Crippen LogP contribution in [0.25, 0.3) is 0 Å². The van der Waals surface area contributed by atoms with Crippen molar-refractivity contribution >= 4 is 5.91 Å². The second-order valence-corrected chi connectivity index (χ2v) is 4.83. The summed E-state index contributed by atoms with van der Waals surface area (Å²) in [6, 6.07) is 7.15. The summed E-state index contributed by atoms with van der Waals surface area (Å²) >= 11 is 0. The number of hydrogen-bond donors (Lipinski definition) is 1. The van der Waals surface area contributed by atoms with Crippen molar-refractivity contribution in [3.63, 3.8) is 0 Å². The summed E-state index contributed by atoms with van der Waals surface area (Å²) in [6.07, 6.45) is 1.25. The van der Waals surface area contributed by atoms with Gasteiger partial charge < -0.3 is 9.64 Å². The number of rotatable bonds is 6. The molecule has 23 heavy (non-hydrogen) atoms. The molecule has 7 nitrogen and oxygen atoms in total. The van der Waals surface area contributed by atoms with Crippen LogP contribution in [-0.4, -0.2) is 40.6 Å². The summed E-state index contributed by atoms with van der Waals surface area (Å²) in [5.41, 5.74) is -1.17. The first-order valence-electron chi connectivity index (χ1n) is 6.88. The molecule has 0 saturated carbocycles. The van der Waals surface area contributed by atoms with Gasteiger partial charge in [0.1, 0.15) is 13.2 Å². The summed E-state index contributed by atoms with van der Waals surface area (Å²) in [6.45, 7) is 0.140. The van der Waals surface area contributed by atoms with E-state index in [0.717, 1.165) is 10.6 Å². The second-order valence-electron chi connectivity index (χ2n) is 4.83. The largest absolute Gasteiger partial charge is 0.489 e. The van der Waals surface area contributed by atoms with Gasteiger partial charge >= 0.3 is 5.69 Å². The van der Waals surface area contributed by atoms with E-state index in [1.165, 1.54) is 23.2 Å². The van der Waals surface area contributed by atoms with E-state index in [1.807, 2.05) is 0 Å². The van der Waals surface area contributed by atoms with E-state index >= 15 is 0 Å². The number of benzene rings is 1. The minimum absolute atomic E-state index is 0.115. The molecule has 0 spiro atoms. The van der Waals surface area contributed by atoms with Crippen LogP contribution in [0.4, 0.5) is 4.39 Å². The molecule has 0 aliphatic rings. The Morgan fingerprint density at radius 1 is 1.30 bits per heavy atom. The molecule has 1 aromatic carbocycles. The standard InChI is InChI=1S/C15H16FN3O4/c1-18(8-9-23-12-5-3-2-4-11(12)16)14(21)10-19-7-6-13(20)17-15(19)22/h2-7H,8-10H2,1H3,(H,17,20,22). The molecule has 0 unspecified atom stereocenters. The van der Waals surface area contributed by atoms with Crippen molar-refractivity contribution < 1.29 is 13.9 Å². The van der Waals surface area contributed by atoms with Crippen LogP contribution >= 0.6 is 0 Å². The van der Waals surface area contributed by atoms with Gasteiger partial charge in [-0.2, -0.15) is 0 Å². The van der Waals surface area contributed by atoms with Gasteiger partial charge in [0.25, 0.3) is 5.56 Å². The fourth-order valence-electron chi connectivity index (χ4n) is 1.81. The van der Waals surface area contributed by atoms with Crippen molar-refractivity contribution in [3.05, 3.63) is 63.2 Å².